The monoisotopic (exact) mass is 198 g/mol. The number of hydrogen-bond donors (Lipinski definition) is 2. The Bertz CT molecular complexity index is 299. The molecule has 6 nitrogen and oxygen atoms in total. The second-order valence-corrected chi connectivity index (χ2v) is 2.47. The molecule has 0 spiro atoms. The SMILES string of the molecule is O=C(O)c1cnc(OCCCO)cn1. The predicted molar refractivity (Wildman–Crippen MR) is 46.2 cm³/mol. The molecule has 0 amide bonds. The summed E-state index contributed by atoms with van der Waals surface area (Å²) < 4.78 is 5.05. The first-order valence-corrected chi connectivity index (χ1v) is 4.03. The van der Waals surface area contributed by atoms with Gasteiger partial charge in [0, 0.05) is 13.0 Å². The number of aliphatic hydroxyl groups excluding tert-OH is 1. The summed E-state index contributed by atoms with van der Waals surface area (Å²) in [6.45, 7) is 0.373. The van der Waals surface area contributed by atoms with Crippen molar-refractivity contribution in [2.24, 2.45) is 0 Å². The Balaban J connectivity index is 2.51. The Labute approximate surface area is 80.2 Å². The maximum Gasteiger partial charge on any atom is 0.356 e. The first-order valence-electron chi connectivity index (χ1n) is 4.03. The molecular formula is C8H10N2O4. The quantitative estimate of drug-likeness (QED) is 0.643. The van der Waals surface area contributed by atoms with E-state index in [9.17, 15) is 4.79 Å². The fraction of sp³-hybridized carbons (Fsp3) is 0.375. The number of carboxylic acids is 1. The van der Waals surface area contributed by atoms with Crippen LogP contribution < -0.4 is 4.74 Å². The minimum Gasteiger partial charge on any atom is -0.476 e. The molecular weight excluding hydrogens is 188 g/mol. The van der Waals surface area contributed by atoms with E-state index in [2.05, 4.69) is 9.97 Å². The Hall–Kier alpha value is -1.69. The van der Waals surface area contributed by atoms with Crippen molar-refractivity contribution in [1.82, 2.24) is 9.97 Å². The van der Waals surface area contributed by atoms with Gasteiger partial charge in [-0.05, 0) is 0 Å². The molecule has 1 rings (SSSR count). The molecule has 0 fully saturated rings. The van der Waals surface area contributed by atoms with E-state index in [1.54, 1.807) is 0 Å². The molecule has 0 aliphatic heterocycles. The van der Waals surface area contributed by atoms with Crippen LogP contribution in [-0.4, -0.2) is 39.4 Å². The van der Waals surface area contributed by atoms with Crippen molar-refractivity contribution in [2.45, 2.75) is 6.42 Å². The van der Waals surface area contributed by atoms with Crippen molar-refractivity contribution in [3.8, 4) is 5.88 Å². The summed E-state index contributed by atoms with van der Waals surface area (Å²) in [5, 5.41) is 17.0. The van der Waals surface area contributed by atoms with Crippen molar-refractivity contribution < 1.29 is 19.7 Å². The molecule has 0 aliphatic carbocycles. The third kappa shape index (κ3) is 2.98. The number of nitrogens with zero attached hydrogens (tertiary/aromatic N) is 2. The highest BCUT2D eigenvalue weighted by Gasteiger charge is 2.04. The predicted octanol–water partition coefficient (Wildman–Crippen LogP) is -0.0640. The van der Waals surface area contributed by atoms with Crippen LogP contribution in [0.4, 0.5) is 0 Å². The molecule has 1 aromatic rings. The summed E-state index contributed by atoms with van der Waals surface area (Å²) in [7, 11) is 0. The van der Waals surface area contributed by atoms with Crippen LogP contribution in [0.3, 0.4) is 0 Å². The topological polar surface area (TPSA) is 92.5 Å². The highest BCUT2D eigenvalue weighted by molar-refractivity contribution is 5.84. The van der Waals surface area contributed by atoms with Crippen LogP contribution in [0, 0.1) is 0 Å². The Kier molecular flexibility index (Phi) is 3.81. The lowest BCUT2D eigenvalue weighted by molar-refractivity contribution is 0.0690. The molecule has 1 aromatic heterocycles. The van der Waals surface area contributed by atoms with E-state index in [4.69, 9.17) is 14.9 Å². The zero-order chi connectivity index (χ0) is 10.4. The number of aromatic nitrogens is 2. The number of carboxylic acid groups (broad SMARTS) is 1. The van der Waals surface area contributed by atoms with Gasteiger partial charge in [0.25, 0.3) is 0 Å². The van der Waals surface area contributed by atoms with Gasteiger partial charge in [0.1, 0.15) is 0 Å². The summed E-state index contributed by atoms with van der Waals surface area (Å²) in [4.78, 5) is 17.7. The number of aromatic carboxylic acids is 1. The molecule has 0 atom stereocenters. The maximum atomic E-state index is 10.4. The molecule has 0 aliphatic rings. The summed E-state index contributed by atoms with van der Waals surface area (Å²) in [5.74, 6) is -0.872. The fourth-order valence-electron chi connectivity index (χ4n) is 0.742. The third-order valence-corrected chi connectivity index (χ3v) is 1.40. The van der Waals surface area contributed by atoms with Crippen molar-refractivity contribution in [3.63, 3.8) is 0 Å². The van der Waals surface area contributed by atoms with Crippen LogP contribution in [0.5, 0.6) is 5.88 Å². The first kappa shape index (κ1) is 10.4. The smallest absolute Gasteiger partial charge is 0.356 e. The molecule has 76 valence electrons. The Morgan fingerprint density at radius 1 is 1.43 bits per heavy atom. The van der Waals surface area contributed by atoms with Crippen LogP contribution >= 0.6 is 0 Å². The largest absolute Gasteiger partial charge is 0.476 e. The number of rotatable bonds is 5. The second-order valence-electron chi connectivity index (χ2n) is 2.47. The molecule has 2 N–H and O–H groups in total. The zero-order valence-corrected chi connectivity index (χ0v) is 7.38. The first-order chi connectivity index (χ1) is 6.74. The van der Waals surface area contributed by atoms with Crippen LogP contribution in [0.15, 0.2) is 12.4 Å². The summed E-state index contributed by atoms with van der Waals surface area (Å²) in [6.07, 6.45) is 2.86. The number of ether oxygens (including phenoxy) is 1. The lowest BCUT2D eigenvalue weighted by Gasteiger charge is -2.02. The van der Waals surface area contributed by atoms with Gasteiger partial charge in [0.15, 0.2) is 5.69 Å². The molecule has 1 heterocycles. The highest BCUT2D eigenvalue weighted by atomic mass is 16.5. The minimum atomic E-state index is -1.13. The van der Waals surface area contributed by atoms with Gasteiger partial charge in [-0.1, -0.05) is 0 Å². The normalized spacial score (nSPS) is 9.79. The fourth-order valence-corrected chi connectivity index (χ4v) is 0.742. The third-order valence-electron chi connectivity index (χ3n) is 1.40. The van der Waals surface area contributed by atoms with Gasteiger partial charge in [0.05, 0.1) is 19.0 Å². The number of aliphatic hydroxyl groups is 1. The van der Waals surface area contributed by atoms with Crippen LogP contribution in [0.25, 0.3) is 0 Å². The molecule has 0 saturated carbocycles. The van der Waals surface area contributed by atoms with E-state index < -0.39 is 5.97 Å². The van der Waals surface area contributed by atoms with Crippen molar-refractivity contribution in [3.05, 3.63) is 18.1 Å². The van der Waals surface area contributed by atoms with Crippen LogP contribution in [0.2, 0.25) is 0 Å². The summed E-state index contributed by atoms with van der Waals surface area (Å²) in [5.41, 5.74) is -0.125. The minimum absolute atomic E-state index is 0.0423. The number of carbonyl (C=O) groups is 1. The zero-order valence-electron chi connectivity index (χ0n) is 7.38. The van der Waals surface area contributed by atoms with E-state index in [1.807, 2.05) is 0 Å². The van der Waals surface area contributed by atoms with Crippen LogP contribution in [-0.2, 0) is 0 Å². The van der Waals surface area contributed by atoms with E-state index in [-0.39, 0.29) is 18.2 Å². The molecule has 0 aromatic carbocycles. The van der Waals surface area contributed by atoms with Crippen molar-refractivity contribution in [2.75, 3.05) is 13.2 Å². The standard InChI is InChI=1S/C8H10N2O4/c11-2-1-3-14-7-5-9-6(4-10-7)8(12)13/h4-5,11H,1-3H2,(H,12,13). The van der Waals surface area contributed by atoms with Gasteiger partial charge >= 0.3 is 5.97 Å². The van der Waals surface area contributed by atoms with Crippen molar-refractivity contribution >= 4 is 5.97 Å². The highest BCUT2D eigenvalue weighted by Crippen LogP contribution is 2.03. The average molecular weight is 198 g/mol. The van der Waals surface area contributed by atoms with Crippen molar-refractivity contribution in [1.29, 1.82) is 0 Å². The van der Waals surface area contributed by atoms with Gasteiger partial charge < -0.3 is 14.9 Å². The van der Waals surface area contributed by atoms with Gasteiger partial charge in [-0.2, -0.15) is 0 Å². The molecule has 0 radical (unpaired) electrons. The lowest BCUT2D eigenvalue weighted by atomic mass is 10.4. The Morgan fingerprint density at radius 3 is 2.71 bits per heavy atom. The Morgan fingerprint density at radius 2 is 2.21 bits per heavy atom. The average Bonchev–Trinajstić information content (AvgIpc) is 2.19. The lowest BCUT2D eigenvalue weighted by Crippen LogP contribution is -2.04. The van der Waals surface area contributed by atoms with E-state index in [0.717, 1.165) is 6.20 Å². The van der Waals surface area contributed by atoms with E-state index in [0.29, 0.717) is 13.0 Å². The second kappa shape index (κ2) is 5.13. The van der Waals surface area contributed by atoms with Gasteiger partial charge in [-0.3, -0.25) is 0 Å². The maximum absolute atomic E-state index is 10.4. The van der Waals surface area contributed by atoms with E-state index >= 15 is 0 Å². The van der Waals surface area contributed by atoms with Gasteiger partial charge in [-0.15, -0.1) is 0 Å². The van der Waals surface area contributed by atoms with Crippen LogP contribution in [0.1, 0.15) is 16.9 Å². The summed E-state index contributed by atoms with van der Waals surface area (Å²) in [6, 6.07) is 0. The number of hydrogen-bond acceptors (Lipinski definition) is 5. The molecule has 0 saturated heterocycles. The molecule has 0 bridgehead atoms. The molecule has 6 heteroatoms. The van der Waals surface area contributed by atoms with Gasteiger partial charge in [0.2, 0.25) is 5.88 Å². The van der Waals surface area contributed by atoms with Gasteiger partial charge in [-0.25, -0.2) is 14.8 Å². The summed E-state index contributed by atoms with van der Waals surface area (Å²) >= 11 is 0. The van der Waals surface area contributed by atoms with E-state index in [1.165, 1.54) is 6.20 Å². The molecule has 14 heavy (non-hydrogen) atoms. The molecule has 0 unspecified atom stereocenters.